The van der Waals surface area contributed by atoms with Gasteiger partial charge in [-0.1, -0.05) is 60.7 Å². The van der Waals surface area contributed by atoms with Gasteiger partial charge in [-0.25, -0.2) is 4.98 Å². The van der Waals surface area contributed by atoms with Crippen LogP contribution >= 0.6 is 11.3 Å². The van der Waals surface area contributed by atoms with Crippen molar-refractivity contribution in [2.75, 3.05) is 20.1 Å². The van der Waals surface area contributed by atoms with Crippen molar-refractivity contribution in [3.63, 3.8) is 0 Å². The average molecular weight is 444 g/mol. The maximum absolute atomic E-state index is 14.0. The van der Waals surface area contributed by atoms with Crippen LogP contribution in [0.5, 0.6) is 0 Å². The molecule has 0 saturated carbocycles. The van der Waals surface area contributed by atoms with Gasteiger partial charge in [0.05, 0.1) is 11.3 Å². The molecule has 0 unspecified atom stereocenters. The first kappa shape index (κ1) is 21.1. The molecule has 0 atom stereocenters. The van der Waals surface area contributed by atoms with Crippen molar-refractivity contribution in [2.45, 2.75) is 38.6 Å². The number of nitrogens with zero attached hydrogens (tertiary/aromatic N) is 3. The molecule has 164 valence electrons. The molecule has 1 aliphatic heterocycles. The molecule has 32 heavy (non-hydrogen) atoms. The van der Waals surface area contributed by atoms with Crippen molar-refractivity contribution in [3.05, 3.63) is 98.4 Å². The number of thiophene rings is 1. The molecule has 0 radical (unpaired) electrons. The van der Waals surface area contributed by atoms with E-state index in [0.29, 0.717) is 0 Å². The molecule has 1 fully saturated rings. The molecule has 4 aromatic rings. The smallest absolute Gasteiger partial charge is 0.262 e. The van der Waals surface area contributed by atoms with Gasteiger partial charge in [0, 0.05) is 10.9 Å². The van der Waals surface area contributed by atoms with E-state index in [0.717, 1.165) is 58.7 Å². The number of piperidine rings is 1. The van der Waals surface area contributed by atoms with Crippen molar-refractivity contribution < 1.29 is 0 Å². The van der Waals surface area contributed by atoms with Gasteiger partial charge in [0.1, 0.15) is 10.7 Å². The predicted molar refractivity (Wildman–Crippen MR) is 133 cm³/mol. The Kier molecular flexibility index (Phi) is 5.70. The summed E-state index contributed by atoms with van der Waals surface area (Å²) in [5.41, 5.74) is 3.53. The zero-order chi connectivity index (χ0) is 22.2. The van der Waals surface area contributed by atoms with Crippen LogP contribution in [0, 0.1) is 13.8 Å². The Morgan fingerprint density at radius 1 is 0.938 bits per heavy atom. The minimum absolute atomic E-state index is 0.0862. The zero-order valence-corrected chi connectivity index (χ0v) is 19.7. The summed E-state index contributed by atoms with van der Waals surface area (Å²) in [5, 5.41) is 0.801. The van der Waals surface area contributed by atoms with Crippen LogP contribution in [0.1, 0.15) is 52.2 Å². The van der Waals surface area contributed by atoms with Gasteiger partial charge in [-0.05, 0) is 63.5 Å². The molecule has 0 N–H and O–H groups in total. The molecule has 2 aromatic carbocycles. The van der Waals surface area contributed by atoms with Gasteiger partial charge in [-0.3, -0.25) is 9.36 Å². The third-order valence-electron chi connectivity index (χ3n) is 6.84. The van der Waals surface area contributed by atoms with E-state index in [2.05, 4.69) is 78.9 Å². The largest absolute Gasteiger partial charge is 0.306 e. The van der Waals surface area contributed by atoms with Gasteiger partial charge in [-0.15, -0.1) is 11.3 Å². The standard InChI is InChI=1S/C27H29N3OS/c1-18-19(2)32-26-23(18)27(31)30(22-14-16-29(3)17-15-22)25(28-26)24(20-10-6-4-7-11-20)21-12-8-5-9-13-21/h4-13,22,24H,14-17H2,1-3H3. The van der Waals surface area contributed by atoms with E-state index in [9.17, 15) is 4.79 Å². The normalized spacial score (nSPS) is 15.6. The Morgan fingerprint density at radius 2 is 1.50 bits per heavy atom. The van der Waals surface area contributed by atoms with E-state index in [4.69, 9.17) is 4.98 Å². The van der Waals surface area contributed by atoms with E-state index >= 15 is 0 Å². The topological polar surface area (TPSA) is 38.1 Å². The van der Waals surface area contributed by atoms with Crippen molar-refractivity contribution in [2.24, 2.45) is 0 Å². The van der Waals surface area contributed by atoms with Crippen LogP contribution in [0.2, 0.25) is 0 Å². The second-order valence-corrected chi connectivity index (χ2v) is 10.1. The number of fused-ring (bicyclic) bond motifs is 1. The SMILES string of the molecule is Cc1sc2nc(C(c3ccccc3)c3ccccc3)n(C3CCN(C)CC3)c(=O)c2c1C. The molecule has 0 amide bonds. The molecule has 4 nitrogen and oxygen atoms in total. The number of likely N-dealkylation sites (tertiary alicyclic amines) is 1. The number of benzene rings is 2. The number of hydrogen-bond acceptors (Lipinski definition) is 4. The van der Waals surface area contributed by atoms with E-state index in [1.54, 1.807) is 11.3 Å². The second kappa shape index (κ2) is 8.64. The first-order chi connectivity index (χ1) is 15.5. The molecular formula is C27H29N3OS. The van der Waals surface area contributed by atoms with E-state index in [1.165, 1.54) is 4.88 Å². The Balaban J connectivity index is 1.81. The number of hydrogen-bond donors (Lipinski definition) is 0. The molecule has 0 spiro atoms. The molecule has 1 aliphatic rings. The second-order valence-electron chi connectivity index (χ2n) is 8.90. The van der Waals surface area contributed by atoms with Crippen molar-refractivity contribution >= 4 is 21.6 Å². The minimum Gasteiger partial charge on any atom is -0.306 e. The lowest BCUT2D eigenvalue weighted by molar-refractivity contribution is 0.215. The van der Waals surface area contributed by atoms with Gasteiger partial charge in [0.25, 0.3) is 5.56 Å². The number of rotatable bonds is 4. The highest BCUT2D eigenvalue weighted by Crippen LogP contribution is 2.36. The van der Waals surface area contributed by atoms with E-state index in [1.807, 2.05) is 12.1 Å². The lowest BCUT2D eigenvalue weighted by Gasteiger charge is -2.33. The summed E-state index contributed by atoms with van der Waals surface area (Å²) in [7, 11) is 2.16. The Morgan fingerprint density at radius 3 is 2.06 bits per heavy atom. The van der Waals surface area contributed by atoms with Gasteiger partial charge < -0.3 is 4.90 Å². The van der Waals surface area contributed by atoms with Crippen LogP contribution < -0.4 is 5.56 Å². The quantitative estimate of drug-likeness (QED) is 0.417. The summed E-state index contributed by atoms with van der Waals surface area (Å²) in [6.07, 6.45) is 1.93. The fourth-order valence-corrected chi connectivity index (χ4v) is 5.94. The van der Waals surface area contributed by atoms with Gasteiger partial charge in [0.2, 0.25) is 0 Å². The molecule has 3 heterocycles. The zero-order valence-electron chi connectivity index (χ0n) is 18.9. The Hall–Kier alpha value is -2.76. The molecule has 2 aromatic heterocycles. The molecule has 0 bridgehead atoms. The van der Waals surface area contributed by atoms with Crippen LogP contribution in [0.4, 0.5) is 0 Å². The number of aryl methyl sites for hydroxylation is 2. The van der Waals surface area contributed by atoms with Crippen LogP contribution in [0.3, 0.4) is 0 Å². The van der Waals surface area contributed by atoms with E-state index < -0.39 is 0 Å². The monoisotopic (exact) mass is 443 g/mol. The van der Waals surface area contributed by atoms with Crippen molar-refractivity contribution in [3.8, 4) is 0 Å². The van der Waals surface area contributed by atoms with Crippen LogP contribution in [-0.2, 0) is 0 Å². The van der Waals surface area contributed by atoms with Crippen LogP contribution in [0.15, 0.2) is 65.5 Å². The van der Waals surface area contributed by atoms with Crippen molar-refractivity contribution in [1.29, 1.82) is 0 Å². The lowest BCUT2D eigenvalue weighted by Crippen LogP contribution is -2.38. The van der Waals surface area contributed by atoms with Crippen molar-refractivity contribution in [1.82, 2.24) is 14.5 Å². The highest BCUT2D eigenvalue weighted by Gasteiger charge is 2.30. The summed E-state index contributed by atoms with van der Waals surface area (Å²) >= 11 is 1.64. The summed E-state index contributed by atoms with van der Waals surface area (Å²) in [4.78, 5) is 23.7. The van der Waals surface area contributed by atoms with Crippen LogP contribution in [0.25, 0.3) is 10.2 Å². The highest BCUT2D eigenvalue weighted by molar-refractivity contribution is 7.18. The first-order valence-electron chi connectivity index (χ1n) is 11.3. The summed E-state index contributed by atoms with van der Waals surface area (Å²) < 4.78 is 2.05. The van der Waals surface area contributed by atoms with Gasteiger partial charge >= 0.3 is 0 Å². The number of aromatic nitrogens is 2. The third kappa shape index (κ3) is 3.70. The lowest BCUT2D eigenvalue weighted by atomic mass is 9.89. The third-order valence-corrected chi connectivity index (χ3v) is 7.94. The first-order valence-corrected chi connectivity index (χ1v) is 12.2. The summed E-state index contributed by atoms with van der Waals surface area (Å²) in [5.74, 6) is 0.785. The highest BCUT2D eigenvalue weighted by atomic mass is 32.1. The van der Waals surface area contributed by atoms with E-state index in [-0.39, 0.29) is 17.5 Å². The molecule has 5 rings (SSSR count). The fraction of sp³-hybridized carbons (Fsp3) is 0.333. The molecule has 1 saturated heterocycles. The Labute approximate surface area is 193 Å². The fourth-order valence-electron chi connectivity index (χ4n) is 4.91. The average Bonchev–Trinajstić information content (AvgIpc) is 3.10. The molecule has 0 aliphatic carbocycles. The van der Waals surface area contributed by atoms with Crippen LogP contribution in [-0.4, -0.2) is 34.6 Å². The Bertz CT molecular complexity index is 1250. The maximum atomic E-state index is 14.0. The van der Waals surface area contributed by atoms with Gasteiger partial charge in [-0.2, -0.15) is 0 Å². The predicted octanol–water partition coefficient (Wildman–Crippen LogP) is 5.52. The molecular weight excluding hydrogens is 414 g/mol. The van der Waals surface area contributed by atoms with Gasteiger partial charge in [0.15, 0.2) is 0 Å². The summed E-state index contributed by atoms with van der Waals surface area (Å²) in [6, 6.07) is 21.1. The summed E-state index contributed by atoms with van der Waals surface area (Å²) in [6.45, 7) is 6.14. The minimum atomic E-state index is -0.0862. The molecule has 5 heteroatoms. The maximum Gasteiger partial charge on any atom is 0.262 e.